The van der Waals surface area contributed by atoms with Crippen LogP contribution in [0, 0.1) is 0 Å². The van der Waals surface area contributed by atoms with Crippen molar-refractivity contribution >= 4 is 27.3 Å². The van der Waals surface area contributed by atoms with Crippen molar-refractivity contribution < 1.29 is 4.74 Å². The van der Waals surface area contributed by atoms with Crippen molar-refractivity contribution in [1.29, 1.82) is 0 Å². The van der Waals surface area contributed by atoms with Crippen molar-refractivity contribution in [2.24, 2.45) is 5.73 Å². The van der Waals surface area contributed by atoms with Crippen molar-refractivity contribution in [2.75, 3.05) is 26.8 Å². The van der Waals surface area contributed by atoms with E-state index in [9.17, 15) is 0 Å². The third kappa shape index (κ3) is 4.03. The molecule has 1 saturated heterocycles. The average molecular weight is 319 g/mol. The lowest BCUT2D eigenvalue weighted by Crippen LogP contribution is -2.52. The van der Waals surface area contributed by atoms with Gasteiger partial charge >= 0.3 is 0 Å². The topological polar surface area (TPSA) is 38.5 Å². The molecule has 1 aromatic rings. The minimum absolute atomic E-state index is 0.0680. The highest BCUT2D eigenvalue weighted by Gasteiger charge is 2.29. The summed E-state index contributed by atoms with van der Waals surface area (Å²) in [5, 5.41) is 2.12. The molecule has 96 valence electrons. The SMILES string of the molecule is CN(Cc1cc(Br)cs1)CC1(N)CCOCC1. The van der Waals surface area contributed by atoms with Crippen LogP contribution in [0.15, 0.2) is 15.9 Å². The van der Waals surface area contributed by atoms with Gasteiger partial charge in [-0.1, -0.05) is 0 Å². The number of hydrogen-bond acceptors (Lipinski definition) is 4. The maximum atomic E-state index is 6.39. The maximum absolute atomic E-state index is 6.39. The Morgan fingerprint density at radius 2 is 2.24 bits per heavy atom. The normalized spacial score (nSPS) is 19.8. The van der Waals surface area contributed by atoms with Gasteiger partial charge < -0.3 is 10.5 Å². The Kier molecular flexibility index (Phi) is 4.60. The van der Waals surface area contributed by atoms with Gasteiger partial charge in [-0.2, -0.15) is 0 Å². The molecule has 0 aliphatic carbocycles. The fourth-order valence-corrected chi connectivity index (χ4v) is 3.76. The maximum Gasteiger partial charge on any atom is 0.0484 e. The molecule has 1 aromatic heterocycles. The second kappa shape index (κ2) is 5.80. The van der Waals surface area contributed by atoms with Crippen LogP contribution < -0.4 is 5.73 Å². The molecule has 3 nitrogen and oxygen atoms in total. The van der Waals surface area contributed by atoms with Crippen molar-refractivity contribution in [3.05, 3.63) is 20.8 Å². The third-order valence-corrected chi connectivity index (χ3v) is 4.80. The van der Waals surface area contributed by atoms with Gasteiger partial charge in [0.25, 0.3) is 0 Å². The molecule has 17 heavy (non-hydrogen) atoms. The smallest absolute Gasteiger partial charge is 0.0484 e. The second-order valence-electron chi connectivity index (χ2n) is 4.88. The average Bonchev–Trinajstić information content (AvgIpc) is 2.63. The quantitative estimate of drug-likeness (QED) is 0.926. The lowest BCUT2D eigenvalue weighted by Gasteiger charge is -2.36. The Morgan fingerprint density at radius 1 is 1.53 bits per heavy atom. The van der Waals surface area contributed by atoms with Crippen LogP contribution >= 0.6 is 27.3 Å². The summed E-state index contributed by atoms with van der Waals surface area (Å²) in [4.78, 5) is 3.68. The molecule has 1 aliphatic heterocycles. The molecule has 1 fully saturated rings. The van der Waals surface area contributed by atoms with E-state index in [0.29, 0.717) is 0 Å². The monoisotopic (exact) mass is 318 g/mol. The van der Waals surface area contributed by atoms with E-state index in [-0.39, 0.29) is 5.54 Å². The van der Waals surface area contributed by atoms with Crippen molar-refractivity contribution in [3.63, 3.8) is 0 Å². The van der Waals surface area contributed by atoms with Crippen LogP contribution in [0.5, 0.6) is 0 Å². The summed E-state index contributed by atoms with van der Waals surface area (Å²) in [5.74, 6) is 0. The molecule has 2 heterocycles. The van der Waals surface area contributed by atoms with Crippen LogP contribution in [0.2, 0.25) is 0 Å². The molecule has 0 atom stereocenters. The van der Waals surface area contributed by atoms with Gasteiger partial charge in [-0.3, -0.25) is 4.90 Å². The number of nitrogens with two attached hydrogens (primary N) is 1. The van der Waals surface area contributed by atoms with Crippen molar-refractivity contribution in [2.45, 2.75) is 24.9 Å². The van der Waals surface area contributed by atoms with Crippen LogP contribution in [0.1, 0.15) is 17.7 Å². The van der Waals surface area contributed by atoms with Gasteiger partial charge in [-0.15, -0.1) is 11.3 Å². The summed E-state index contributed by atoms with van der Waals surface area (Å²) in [7, 11) is 2.14. The zero-order valence-electron chi connectivity index (χ0n) is 10.1. The zero-order chi connectivity index (χ0) is 12.3. The largest absolute Gasteiger partial charge is 0.381 e. The van der Waals surface area contributed by atoms with Gasteiger partial charge in [0, 0.05) is 46.6 Å². The first-order chi connectivity index (χ1) is 8.07. The molecule has 5 heteroatoms. The van der Waals surface area contributed by atoms with E-state index in [1.54, 1.807) is 11.3 Å². The summed E-state index contributed by atoms with van der Waals surface area (Å²) in [6, 6.07) is 2.17. The number of hydrogen-bond donors (Lipinski definition) is 1. The summed E-state index contributed by atoms with van der Waals surface area (Å²) in [6.45, 7) is 3.51. The van der Waals surface area contributed by atoms with Gasteiger partial charge in [-0.25, -0.2) is 0 Å². The standard InChI is InChI=1S/C12H19BrN2OS/c1-15(7-11-6-10(13)8-17-11)9-12(14)2-4-16-5-3-12/h6,8H,2-5,7,9,14H2,1H3. The van der Waals surface area contributed by atoms with Crippen LogP contribution in [0.25, 0.3) is 0 Å². The molecule has 0 amide bonds. The number of halogens is 1. The summed E-state index contributed by atoms with van der Waals surface area (Å²) < 4.78 is 6.53. The molecule has 0 spiro atoms. The lowest BCUT2D eigenvalue weighted by molar-refractivity contribution is 0.0404. The summed E-state index contributed by atoms with van der Waals surface area (Å²) in [6.07, 6.45) is 1.93. The number of thiophene rings is 1. The molecule has 0 radical (unpaired) electrons. The predicted molar refractivity (Wildman–Crippen MR) is 75.3 cm³/mol. The molecule has 0 aromatic carbocycles. The van der Waals surface area contributed by atoms with Crippen LogP contribution in [0.4, 0.5) is 0 Å². The zero-order valence-corrected chi connectivity index (χ0v) is 12.5. The van der Waals surface area contributed by atoms with E-state index in [1.165, 1.54) is 9.35 Å². The fourth-order valence-electron chi connectivity index (χ4n) is 2.23. The molecule has 2 rings (SSSR count). The van der Waals surface area contributed by atoms with Crippen LogP contribution in [0.3, 0.4) is 0 Å². The summed E-state index contributed by atoms with van der Waals surface area (Å²) >= 11 is 5.27. The Bertz CT molecular complexity index is 363. The Balaban J connectivity index is 1.85. The van der Waals surface area contributed by atoms with E-state index in [0.717, 1.165) is 39.1 Å². The number of nitrogens with zero attached hydrogens (tertiary/aromatic N) is 1. The van der Waals surface area contributed by atoms with Gasteiger partial charge in [-0.05, 0) is 41.9 Å². The van der Waals surface area contributed by atoms with Gasteiger partial charge in [0.1, 0.15) is 0 Å². The Morgan fingerprint density at radius 3 is 2.82 bits per heavy atom. The first kappa shape index (κ1) is 13.5. The molecular formula is C12H19BrN2OS. The van der Waals surface area contributed by atoms with Crippen molar-refractivity contribution in [1.82, 2.24) is 4.90 Å². The highest BCUT2D eigenvalue weighted by molar-refractivity contribution is 9.10. The first-order valence-electron chi connectivity index (χ1n) is 5.85. The van der Waals surface area contributed by atoms with Gasteiger partial charge in [0.15, 0.2) is 0 Å². The van der Waals surface area contributed by atoms with Gasteiger partial charge in [0.2, 0.25) is 0 Å². The molecule has 0 saturated carbocycles. The fraction of sp³-hybridized carbons (Fsp3) is 0.667. The number of rotatable bonds is 4. The van der Waals surface area contributed by atoms with E-state index in [1.807, 2.05) is 0 Å². The van der Waals surface area contributed by atoms with E-state index < -0.39 is 0 Å². The van der Waals surface area contributed by atoms with Gasteiger partial charge in [0.05, 0.1) is 0 Å². The molecule has 0 unspecified atom stereocenters. The number of likely N-dealkylation sites (N-methyl/N-ethyl adjacent to an activating group) is 1. The first-order valence-corrected chi connectivity index (χ1v) is 7.53. The third-order valence-electron chi connectivity index (χ3n) is 3.12. The van der Waals surface area contributed by atoms with Crippen molar-refractivity contribution in [3.8, 4) is 0 Å². The molecule has 2 N–H and O–H groups in total. The Hall–Kier alpha value is 0.0600. The predicted octanol–water partition coefficient (Wildman–Crippen LogP) is 2.45. The minimum Gasteiger partial charge on any atom is -0.381 e. The number of ether oxygens (including phenoxy) is 1. The second-order valence-corrected chi connectivity index (χ2v) is 6.79. The lowest BCUT2D eigenvalue weighted by atomic mass is 9.91. The van der Waals surface area contributed by atoms with Crippen LogP contribution in [-0.2, 0) is 11.3 Å². The Labute approximate surface area is 115 Å². The van der Waals surface area contributed by atoms with E-state index in [4.69, 9.17) is 10.5 Å². The molecule has 0 bridgehead atoms. The highest BCUT2D eigenvalue weighted by atomic mass is 79.9. The molecule has 1 aliphatic rings. The van der Waals surface area contributed by atoms with Crippen LogP contribution in [-0.4, -0.2) is 37.2 Å². The minimum atomic E-state index is -0.0680. The summed E-state index contributed by atoms with van der Waals surface area (Å²) in [5.41, 5.74) is 6.32. The molecular weight excluding hydrogens is 300 g/mol. The van der Waals surface area contributed by atoms with E-state index in [2.05, 4.69) is 39.3 Å². The van der Waals surface area contributed by atoms with E-state index >= 15 is 0 Å². The highest BCUT2D eigenvalue weighted by Crippen LogP contribution is 2.23.